The van der Waals surface area contributed by atoms with Gasteiger partial charge in [-0.05, 0) is 18.1 Å². The molecule has 0 amide bonds. The van der Waals surface area contributed by atoms with Gasteiger partial charge in [0.1, 0.15) is 5.82 Å². The van der Waals surface area contributed by atoms with Gasteiger partial charge in [-0.2, -0.15) is 0 Å². The number of ketones is 1. The largest absolute Gasteiger partial charge is 0.298 e. The third-order valence-corrected chi connectivity index (χ3v) is 3.23. The predicted octanol–water partition coefficient (Wildman–Crippen LogP) is 4.03. The first-order valence-electron chi connectivity index (χ1n) is 5.44. The second-order valence-electron chi connectivity index (χ2n) is 5.15. The summed E-state index contributed by atoms with van der Waals surface area (Å²) in [5.41, 5.74) is -0.747. The molecule has 0 N–H and O–H groups in total. The van der Waals surface area contributed by atoms with Crippen LogP contribution >= 0.6 is 15.9 Å². The van der Waals surface area contributed by atoms with Crippen LogP contribution in [-0.4, -0.2) is 10.6 Å². The summed E-state index contributed by atoms with van der Waals surface area (Å²) in [6.07, 6.45) is -0.0867. The van der Waals surface area contributed by atoms with Gasteiger partial charge >= 0.3 is 0 Å². The van der Waals surface area contributed by atoms with Crippen molar-refractivity contribution in [2.45, 2.75) is 32.0 Å². The van der Waals surface area contributed by atoms with Crippen LogP contribution in [0.5, 0.6) is 0 Å². The van der Waals surface area contributed by atoms with Crippen LogP contribution in [0.15, 0.2) is 12.1 Å². The summed E-state index contributed by atoms with van der Waals surface area (Å²) >= 11 is 3.14. The maximum absolute atomic E-state index is 13.4. The minimum Gasteiger partial charge on any atom is -0.298 e. The van der Waals surface area contributed by atoms with E-state index in [0.29, 0.717) is 6.07 Å². The lowest BCUT2D eigenvalue weighted by atomic mass is 9.87. The summed E-state index contributed by atoms with van der Waals surface area (Å²) < 4.78 is 39.4. The van der Waals surface area contributed by atoms with Crippen molar-refractivity contribution in [3.63, 3.8) is 0 Å². The van der Waals surface area contributed by atoms with Crippen LogP contribution in [0, 0.1) is 22.9 Å². The van der Waals surface area contributed by atoms with Crippen molar-refractivity contribution in [1.29, 1.82) is 0 Å². The highest BCUT2D eigenvalue weighted by Gasteiger charge is 2.29. The maximum Gasteiger partial charge on any atom is 0.162 e. The van der Waals surface area contributed by atoms with Crippen LogP contribution in [0.2, 0.25) is 0 Å². The Labute approximate surface area is 113 Å². The van der Waals surface area contributed by atoms with E-state index in [1.165, 1.54) is 0 Å². The molecule has 1 unspecified atom stereocenters. The Bertz CT molecular complexity index is 466. The zero-order valence-electron chi connectivity index (χ0n) is 10.4. The first-order valence-corrected chi connectivity index (χ1v) is 6.36. The van der Waals surface area contributed by atoms with Crippen LogP contribution < -0.4 is 0 Å². The molecule has 0 radical (unpaired) electrons. The van der Waals surface area contributed by atoms with Crippen molar-refractivity contribution in [2.24, 2.45) is 5.41 Å². The molecule has 1 atom stereocenters. The van der Waals surface area contributed by atoms with Crippen molar-refractivity contribution in [3.05, 3.63) is 35.1 Å². The molecule has 0 aliphatic heterocycles. The molecule has 0 fully saturated rings. The number of hydrogen-bond acceptors (Lipinski definition) is 1. The Morgan fingerprint density at radius 1 is 1.28 bits per heavy atom. The molecule has 0 saturated heterocycles. The molecular formula is C13H14BrF3O. The van der Waals surface area contributed by atoms with Gasteiger partial charge < -0.3 is 0 Å². The Hall–Kier alpha value is -0.840. The molecule has 0 bridgehead atoms. The first kappa shape index (κ1) is 15.2. The van der Waals surface area contributed by atoms with Crippen LogP contribution in [0.4, 0.5) is 13.2 Å². The molecule has 0 aromatic heterocycles. The fraction of sp³-hybridized carbons (Fsp3) is 0.462. The minimum atomic E-state index is -1.24. The normalized spacial score (nSPS) is 13.5. The lowest BCUT2D eigenvalue weighted by molar-refractivity contribution is -0.125. The zero-order valence-corrected chi connectivity index (χ0v) is 11.9. The Balaban J connectivity index is 2.95. The van der Waals surface area contributed by atoms with E-state index < -0.39 is 27.7 Å². The van der Waals surface area contributed by atoms with E-state index in [2.05, 4.69) is 15.9 Å². The number of benzene rings is 1. The number of carbonyl (C=O) groups excluding carboxylic acids is 1. The second kappa shape index (κ2) is 5.43. The lowest BCUT2D eigenvalue weighted by Crippen LogP contribution is -2.30. The van der Waals surface area contributed by atoms with E-state index in [9.17, 15) is 18.0 Å². The highest BCUT2D eigenvalue weighted by molar-refractivity contribution is 9.10. The molecule has 100 valence electrons. The van der Waals surface area contributed by atoms with E-state index in [1.54, 1.807) is 20.8 Å². The summed E-state index contributed by atoms with van der Waals surface area (Å²) in [6, 6.07) is 1.39. The van der Waals surface area contributed by atoms with Gasteiger partial charge in [0.05, 0.1) is 4.83 Å². The molecular weight excluding hydrogens is 309 g/mol. The third-order valence-electron chi connectivity index (χ3n) is 2.49. The van der Waals surface area contributed by atoms with E-state index in [1.807, 2.05) is 0 Å². The highest BCUT2D eigenvalue weighted by atomic mass is 79.9. The number of alkyl halides is 1. The number of carbonyl (C=O) groups is 1. The van der Waals surface area contributed by atoms with E-state index >= 15 is 0 Å². The van der Waals surface area contributed by atoms with Crippen LogP contribution in [0.25, 0.3) is 0 Å². The van der Waals surface area contributed by atoms with Gasteiger partial charge in [-0.3, -0.25) is 4.79 Å². The fourth-order valence-corrected chi connectivity index (χ4v) is 2.55. The summed E-state index contributed by atoms with van der Waals surface area (Å²) in [5.74, 6) is -3.35. The van der Waals surface area contributed by atoms with E-state index in [0.717, 1.165) is 6.07 Å². The topological polar surface area (TPSA) is 17.1 Å². The van der Waals surface area contributed by atoms with Gasteiger partial charge in [-0.1, -0.05) is 36.7 Å². The number of halogens is 4. The molecule has 1 aromatic carbocycles. The molecule has 0 aliphatic rings. The molecule has 0 aliphatic carbocycles. The average Bonchev–Trinajstić information content (AvgIpc) is 2.22. The Kier molecular flexibility index (Phi) is 4.59. The summed E-state index contributed by atoms with van der Waals surface area (Å²) in [6.45, 7) is 5.18. The van der Waals surface area contributed by atoms with Crippen LogP contribution in [0.3, 0.4) is 0 Å². The van der Waals surface area contributed by atoms with Crippen molar-refractivity contribution in [2.75, 3.05) is 0 Å². The smallest absolute Gasteiger partial charge is 0.162 e. The molecule has 18 heavy (non-hydrogen) atoms. The molecule has 1 nitrogen and oxygen atoms in total. The SMILES string of the molecule is CC(C)(C)C(=O)C(Br)Cc1cc(F)cc(F)c1F. The third kappa shape index (κ3) is 3.57. The molecule has 0 spiro atoms. The van der Waals surface area contributed by atoms with E-state index in [-0.39, 0.29) is 17.8 Å². The van der Waals surface area contributed by atoms with Gasteiger partial charge in [-0.15, -0.1) is 0 Å². The fourth-order valence-electron chi connectivity index (χ4n) is 1.51. The maximum atomic E-state index is 13.4. The zero-order chi connectivity index (χ0) is 14.1. The van der Waals surface area contributed by atoms with Gasteiger partial charge in [0, 0.05) is 11.5 Å². The quantitative estimate of drug-likeness (QED) is 0.606. The standard InChI is InChI=1S/C13H14BrF3O/c1-13(2,3)12(18)9(14)5-7-4-8(15)6-10(16)11(7)17/h4,6,9H,5H2,1-3H3. The van der Waals surface area contributed by atoms with Crippen molar-refractivity contribution < 1.29 is 18.0 Å². The first-order chi connectivity index (χ1) is 8.12. The molecule has 5 heteroatoms. The lowest BCUT2D eigenvalue weighted by Gasteiger charge is -2.20. The van der Waals surface area contributed by atoms with E-state index in [4.69, 9.17) is 0 Å². The van der Waals surface area contributed by atoms with Gasteiger partial charge in [0.25, 0.3) is 0 Å². The summed E-state index contributed by atoms with van der Waals surface area (Å²) in [7, 11) is 0. The van der Waals surface area contributed by atoms with Gasteiger partial charge in [0.15, 0.2) is 17.4 Å². The molecule has 0 heterocycles. The van der Waals surface area contributed by atoms with Crippen LogP contribution in [0.1, 0.15) is 26.3 Å². The van der Waals surface area contributed by atoms with Gasteiger partial charge in [-0.25, -0.2) is 13.2 Å². The highest BCUT2D eigenvalue weighted by Crippen LogP contribution is 2.25. The van der Waals surface area contributed by atoms with Crippen LogP contribution in [-0.2, 0) is 11.2 Å². The van der Waals surface area contributed by atoms with Crippen molar-refractivity contribution in [3.8, 4) is 0 Å². The predicted molar refractivity (Wildman–Crippen MR) is 67.2 cm³/mol. The summed E-state index contributed by atoms with van der Waals surface area (Å²) in [4.78, 5) is 11.2. The minimum absolute atomic E-state index is 0.0867. The van der Waals surface area contributed by atoms with Crippen molar-refractivity contribution in [1.82, 2.24) is 0 Å². The number of rotatable bonds is 3. The van der Waals surface area contributed by atoms with Gasteiger partial charge in [0.2, 0.25) is 0 Å². The number of hydrogen-bond donors (Lipinski definition) is 0. The molecule has 1 rings (SSSR count). The summed E-state index contributed by atoms with van der Waals surface area (Å²) in [5, 5.41) is 0. The number of Topliss-reactive ketones (excluding diaryl/α,β-unsaturated/α-hetero) is 1. The van der Waals surface area contributed by atoms with Crippen molar-refractivity contribution >= 4 is 21.7 Å². The Morgan fingerprint density at radius 3 is 2.33 bits per heavy atom. The molecule has 1 aromatic rings. The monoisotopic (exact) mass is 322 g/mol. The molecule has 0 saturated carbocycles. The Morgan fingerprint density at radius 2 is 1.83 bits per heavy atom. The average molecular weight is 323 g/mol. The second-order valence-corrected chi connectivity index (χ2v) is 6.25.